The maximum absolute atomic E-state index is 12.4. The Bertz CT molecular complexity index is 973. The van der Waals surface area contributed by atoms with Crippen LogP contribution in [0.5, 0.6) is 11.5 Å². The lowest BCUT2D eigenvalue weighted by Gasteiger charge is -2.11. The van der Waals surface area contributed by atoms with Crippen molar-refractivity contribution in [2.75, 3.05) is 12.4 Å². The van der Waals surface area contributed by atoms with Gasteiger partial charge in [0.15, 0.2) is 17.3 Å². The van der Waals surface area contributed by atoms with Gasteiger partial charge in [-0.25, -0.2) is 0 Å². The largest absolute Gasteiger partial charge is 0.493 e. The van der Waals surface area contributed by atoms with E-state index in [9.17, 15) is 13.6 Å². The van der Waals surface area contributed by atoms with Gasteiger partial charge >= 0.3 is 6.61 Å². The van der Waals surface area contributed by atoms with Crippen LogP contribution in [0.25, 0.3) is 0 Å². The van der Waals surface area contributed by atoms with E-state index >= 15 is 0 Å². The molecule has 1 N–H and O–H groups in total. The summed E-state index contributed by atoms with van der Waals surface area (Å²) >= 11 is 0. The molecule has 0 radical (unpaired) electrons. The highest BCUT2D eigenvalue weighted by molar-refractivity contribution is 6.04. The third-order valence-corrected chi connectivity index (χ3v) is 4.12. The monoisotopic (exact) mass is 387 g/mol. The van der Waals surface area contributed by atoms with E-state index in [0.29, 0.717) is 12.4 Å². The number of ether oxygens (including phenoxy) is 2. The summed E-state index contributed by atoms with van der Waals surface area (Å²) in [5.41, 5.74) is 2.51. The second-order valence-electron chi connectivity index (χ2n) is 6.02. The Hall–Kier alpha value is -3.42. The molecule has 3 aromatic rings. The van der Waals surface area contributed by atoms with Gasteiger partial charge in [-0.05, 0) is 36.2 Å². The summed E-state index contributed by atoms with van der Waals surface area (Å²) < 4.78 is 35.9. The molecule has 0 spiro atoms. The van der Waals surface area contributed by atoms with Crippen LogP contribution in [0.3, 0.4) is 0 Å². The van der Waals surface area contributed by atoms with Crippen molar-refractivity contribution in [2.45, 2.75) is 20.1 Å². The molecule has 1 aromatic heterocycles. The molecule has 2 aromatic carbocycles. The Morgan fingerprint density at radius 2 is 1.96 bits per heavy atom. The number of halogens is 2. The predicted octanol–water partition coefficient (Wildman–Crippen LogP) is 4.10. The molecule has 1 heterocycles. The SMILES string of the molecule is COc1cc(C(=O)Nc2ccn(Cc3ccccc3C)n2)ccc1OC(F)F. The summed E-state index contributed by atoms with van der Waals surface area (Å²) in [7, 11) is 1.31. The average molecular weight is 387 g/mol. The van der Waals surface area contributed by atoms with Gasteiger partial charge in [-0.2, -0.15) is 13.9 Å². The van der Waals surface area contributed by atoms with Crippen LogP contribution in [0.2, 0.25) is 0 Å². The fourth-order valence-corrected chi connectivity index (χ4v) is 2.67. The number of aryl methyl sites for hydroxylation is 1. The number of alkyl halides is 2. The zero-order valence-corrected chi connectivity index (χ0v) is 15.4. The Balaban J connectivity index is 1.70. The van der Waals surface area contributed by atoms with E-state index in [1.54, 1.807) is 16.9 Å². The van der Waals surface area contributed by atoms with Gasteiger partial charge < -0.3 is 14.8 Å². The zero-order chi connectivity index (χ0) is 20.1. The fourth-order valence-electron chi connectivity index (χ4n) is 2.67. The highest BCUT2D eigenvalue weighted by Crippen LogP contribution is 2.29. The standard InChI is InChI=1S/C20H19F2N3O3/c1-13-5-3-4-6-15(13)12-25-10-9-18(24-25)23-19(26)14-7-8-16(28-20(21)22)17(11-14)27-2/h3-11,20H,12H2,1-2H3,(H,23,24,26). The number of anilines is 1. The molecule has 8 heteroatoms. The third-order valence-electron chi connectivity index (χ3n) is 4.12. The molecule has 0 unspecified atom stereocenters. The summed E-state index contributed by atoms with van der Waals surface area (Å²) in [5.74, 6) is -0.164. The molecule has 146 valence electrons. The molecule has 0 fully saturated rings. The molecule has 0 atom stereocenters. The number of hydrogen-bond acceptors (Lipinski definition) is 4. The van der Waals surface area contributed by atoms with Crippen LogP contribution in [0.1, 0.15) is 21.5 Å². The Morgan fingerprint density at radius 1 is 1.18 bits per heavy atom. The lowest BCUT2D eigenvalue weighted by molar-refractivity contribution is -0.0512. The molecular formula is C20H19F2N3O3. The van der Waals surface area contributed by atoms with Crippen molar-refractivity contribution in [3.63, 3.8) is 0 Å². The summed E-state index contributed by atoms with van der Waals surface area (Å²) in [6.07, 6.45) is 1.77. The van der Waals surface area contributed by atoms with E-state index in [-0.39, 0.29) is 17.1 Å². The van der Waals surface area contributed by atoms with Gasteiger partial charge in [0.05, 0.1) is 13.7 Å². The van der Waals surface area contributed by atoms with Crippen molar-refractivity contribution in [3.05, 3.63) is 71.4 Å². The van der Waals surface area contributed by atoms with Gasteiger partial charge in [-0.1, -0.05) is 24.3 Å². The van der Waals surface area contributed by atoms with Gasteiger partial charge in [0.2, 0.25) is 0 Å². The van der Waals surface area contributed by atoms with E-state index in [2.05, 4.69) is 15.2 Å². The van der Waals surface area contributed by atoms with E-state index in [4.69, 9.17) is 4.74 Å². The van der Waals surface area contributed by atoms with Crippen LogP contribution in [0, 0.1) is 6.92 Å². The predicted molar refractivity (Wildman–Crippen MR) is 100 cm³/mol. The Morgan fingerprint density at radius 3 is 2.68 bits per heavy atom. The summed E-state index contributed by atoms with van der Waals surface area (Å²) in [5, 5.41) is 7.02. The fraction of sp³-hybridized carbons (Fsp3) is 0.200. The first-order chi connectivity index (χ1) is 13.5. The number of rotatable bonds is 7. The van der Waals surface area contributed by atoms with Gasteiger partial charge in [0, 0.05) is 17.8 Å². The first-order valence-corrected chi connectivity index (χ1v) is 8.48. The topological polar surface area (TPSA) is 65.4 Å². The number of hydrogen-bond donors (Lipinski definition) is 1. The van der Waals surface area contributed by atoms with Gasteiger partial charge in [0.1, 0.15) is 0 Å². The summed E-state index contributed by atoms with van der Waals surface area (Å²) in [6, 6.07) is 13.6. The van der Waals surface area contributed by atoms with Crippen molar-refractivity contribution in [1.29, 1.82) is 0 Å². The molecule has 0 bridgehead atoms. The summed E-state index contributed by atoms with van der Waals surface area (Å²) in [6.45, 7) is -0.377. The van der Waals surface area contributed by atoms with Gasteiger partial charge in [-0.3, -0.25) is 9.48 Å². The van der Waals surface area contributed by atoms with Crippen LogP contribution in [-0.2, 0) is 6.54 Å². The van der Waals surface area contributed by atoms with Crippen molar-refractivity contribution in [3.8, 4) is 11.5 Å². The van der Waals surface area contributed by atoms with Crippen LogP contribution in [-0.4, -0.2) is 29.4 Å². The highest BCUT2D eigenvalue weighted by Gasteiger charge is 2.15. The number of amides is 1. The number of nitrogens with zero attached hydrogens (tertiary/aromatic N) is 2. The van der Waals surface area contributed by atoms with E-state index < -0.39 is 12.5 Å². The summed E-state index contributed by atoms with van der Waals surface area (Å²) in [4.78, 5) is 12.4. The van der Waals surface area contributed by atoms with Crippen molar-refractivity contribution < 1.29 is 23.0 Å². The normalized spacial score (nSPS) is 10.8. The minimum Gasteiger partial charge on any atom is -0.493 e. The maximum atomic E-state index is 12.4. The number of benzene rings is 2. The van der Waals surface area contributed by atoms with E-state index in [1.807, 2.05) is 31.2 Å². The molecule has 1 amide bonds. The number of carbonyl (C=O) groups is 1. The van der Waals surface area contributed by atoms with Crippen molar-refractivity contribution in [1.82, 2.24) is 9.78 Å². The smallest absolute Gasteiger partial charge is 0.387 e. The van der Waals surface area contributed by atoms with E-state index in [0.717, 1.165) is 11.1 Å². The molecule has 28 heavy (non-hydrogen) atoms. The molecule has 0 aliphatic heterocycles. The highest BCUT2D eigenvalue weighted by atomic mass is 19.3. The van der Waals surface area contributed by atoms with Crippen LogP contribution < -0.4 is 14.8 Å². The minimum absolute atomic E-state index is 0.0398. The second kappa shape index (κ2) is 8.51. The average Bonchev–Trinajstić information content (AvgIpc) is 3.10. The number of carbonyl (C=O) groups excluding carboxylic acids is 1. The number of methoxy groups -OCH3 is 1. The van der Waals surface area contributed by atoms with Gasteiger partial charge in [-0.15, -0.1) is 0 Å². The van der Waals surface area contributed by atoms with Gasteiger partial charge in [0.25, 0.3) is 5.91 Å². The molecule has 0 saturated heterocycles. The molecule has 6 nitrogen and oxygen atoms in total. The zero-order valence-electron chi connectivity index (χ0n) is 15.4. The van der Waals surface area contributed by atoms with Crippen LogP contribution in [0.15, 0.2) is 54.7 Å². The second-order valence-corrected chi connectivity index (χ2v) is 6.02. The first-order valence-electron chi connectivity index (χ1n) is 8.48. The minimum atomic E-state index is -2.98. The molecular weight excluding hydrogens is 368 g/mol. The Labute approximate surface area is 160 Å². The van der Waals surface area contributed by atoms with Crippen molar-refractivity contribution in [2.24, 2.45) is 0 Å². The van der Waals surface area contributed by atoms with Crippen LogP contribution >= 0.6 is 0 Å². The lowest BCUT2D eigenvalue weighted by atomic mass is 10.1. The molecule has 0 aliphatic carbocycles. The molecule has 0 saturated carbocycles. The van der Waals surface area contributed by atoms with Crippen LogP contribution in [0.4, 0.5) is 14.6 Å². The van der Waals surface area contributed by atoms with Crippen molar-refractivity contribution >= 4 is 11.7 Å². The Kier molecular flexibility index (Phi) is 5.88. The quantitative estimate of drug-likeness (QED) is 0.663. The number of nitrogens with one attached hydrogen (secondary N) is 1. The molecule has 3 rings (SSSR count). The van der Waals surface area contributed by atoms with E-state index in [1.165, 1.54) is 25.3 Å². The maximum Gasteiger partial charge on any atom is 0.387 e. The third kappa shape index (κ3) is 4.64. The molecule has 0 aliphatic rings. The first kappa shape index (κ1) is 19.3. The lowest BCUT2D eigenvalue weighted by Crippen LogP contribution is -2.13. The number of aromatic nitrogens is 2.